The Hall–Kier alpha value is -1.62. The molecule has 110 valence electrons. The van der Waals surface area contributed by atoms with Crippen LogP contribution >= 0.6 is 0 Å². The zero-order chi connectivity index (χ0) is 14.5. The Balaban J connectivity index is 2.00. The van der Waals surface area contributed by atoms with Gasteiger partial charge < -0.3 is 15.0 Å². The lowest BCUT2D eigenvalue weighted by molar-refractivity contribution is 0.00857. The second kappa shape index (κ2) is 6.70. The molecule has 2 rings (SSSR count). The first-order chi connectivity index (χ1) is 9.56. The van der Waals surface area contributed by atoms with Crippen molar-refractivity contribution in [2.75, 3.05) is 25.1 Å². The molecule has 0 saturated carbocycles. The predicted molar refractivity (Wildman–Crippen MR) is 76.2 cm³/mol. The molecule has 1 saturated heterocycles. The fourth-order valence-electron chi connectivity index (χ4n) is 2.39. The van der Waals surface area contributed by atoms with Crippen molar-refractivity contribution in [1.82, 2.24) is 4.90 Å². The van der Waals surface area contributed by atoms with Gasteiger partial charge >= 0.3 is 6.03 Å². The molecule has 1 fully saturated rings. The van der Waals surface area contributed by atoms with E-state index >= 15 is 0 Å². The van der Waals surface area contributed by atoms with Crippen molar-refractivity contribution in [3.63, 3.8) is 0 Å². The van der Waals surface area contributed by atoms with Crippen molar-refractivity contribution in [3.05, 3.63) is 30.1 Å². The standard InChI is InChI=1S/C15H21FN2O2/c1-11(2)9-14-10-20-8-7-18(14)15(19)17-13-5-3-12(16)4-6-13/h3-6,11,14H,7-10H2,1-2H3,(H,17,19). The smallest absolute Gasteiger partial charge is 0.322 e. The van der Waals surface area contributed by atoms with Crippen LogP contribution in [-0.4, -0.2) is 36.7 Å². The Morgan fingerprint density at radius 2 is 2.15 bits per heavy atom. The monoisotopic (exact) mass is 280 g/mol. The minimum Gasteiger partial charge on any atom is -0.377 e. The number of morpholine rings is 1. The highest BCUT2D eigenvalue weighted by molar-refractivity contribution is 5.89. The number of nitrogens with one attached hydrogen (secondary N) is 1. The average Bonchev–Trinajstić information content (AvgIpc) is 2.41. The lowest BCUT2D eigenvalue weighted by atomic mass is 10.0. The number of nitrogens with zero attached hydrogens (tertiary/aromatic N) is 1. The molecule has 1 atom stereocenters. The minimum absolute atomic E-state index is 0.101. The SMILES string of the molecule is CC(C)CC1COCCN1C(=O)Nc1ccc(F)cc1. The van der Waals surface area contributed by atoms with Crippen molar-refractivity contribution in [3.8, 4) is 0 Å². The number of benzene rings is 1. The van der Waals surface area contributed by atoms with Gasteiger partial charge in [0.1, 0.15) is 5.82 Å². The van der Waals surface area contributed by atoms with E-state index < -0.39 is 0 Å². The first-order valence-electron chi connectivity index (χ1n) is 6.97. The van der Waals surface area contributed by atoms with Crippen LogP contribution < -0.4 is 5.32 Å². The molecule has 2 amide bonds. The Morgan fingerprint density at radius 1 is 1.45 bits per heavy atom. The van der Waals surface area contributed by atoms with Gasteiger partial charge in [-0.3, -0.25) is 0 Å². The van der Waals surface area contributed by atoms with E-state index in [1.807, 2.05) is 4.90 Å². The van der Waals surface area contributed by atoms with Crippen LogP contribution in [-0.2, 0) is 4.74 Å². The number of carbonyl (C=O) groups is 1. The molecular formula is C15H21FN2O2. The second-order valence-corrected chi connectivity index (χ2v) is 5.49. The van der Waals surface area contributed by atoms with Crippen LogP contribution in [0.2, 0.25) is 0 Å². The predicted octanol–water partition coefficient (Wildman–Crippen LogP) is 3.10. The molecule has 1 aromatic carbocycles. The number of ether oxygens (including phenoxy) is 1. The van der Waals surface area contributed by atoms with E-state index in [1.165, 1.54) is 12.1 Å². The number of anilines is 1. The summed E-state index contributed by atoms with van der Waals surface area (Å²) < 4.78 is 18.3. The van der Waals surface area contributed by atoms with Crippen LogP contribution in [0.4, 0.5) is 14.9 Å². The molecule has 0 aromatic heterocycles. The van der Waals surface area contributed by atoms with E-state index in [0.717, 1.165) is 6.42 Å². The van der Waals surface area contributed by atoms with E-state index in [2.05, 4.69) is 19.2 Å². The largest absolute Gasteiger partial charge is 0.377 e. The molecule has 4 nitrogen and oxygen atoms in total. The highest BCUT2D eigenvalue weighted by Crippen LogP contribution is 2.17. The highest BCUT2D eigenvalue weighted by atomic mass is 19.1. The van der Waals surface area contributed by atoms with Gasteiger partial charge in [0.2, 0.25) is 0 Å². The number of carbonyl (C=O) groups excluding carboxylic acids is 1. The van der Waals surface area contributed by atoms with Crippen molar-refractivity contribution in [1.29, 1.82) is 0 Å². The van der Waals surface area contributed by atoms with Crippen LogP contribution in [0.15, 0.2) is 24.3 Å². The van der Waals surface area contributed by atoms with E-state index in [-0.39, 0.29) is 17.9 Å². The number of hydrogen-bond acceptors (Lipinski definition) is 2. The van der Waals surface area contributed by atoms with Gasteiger partial charge in [-0.1, -0.05) is 13.8 Å². The summed E-state index contributed by atoms with van der Waals surface area (Å²) in [4.78, 5) is 14.1. The number of rotatable bonds is 3. The molecule has 1 N–H and O–H groups in total. The Morgan fingerprint density at radius 3 is 2.80 bits per heavy atom. The molecule has 1 unspecified atom stereocenters. The van der Waals surface area contributed by atoms with Gasteiger partial charge in [-0.2, -0.15) is 0 Å². The number of amides is 2. The van der Waals surface area contributed by atoms with Gasteiger partial charge in [0.05, 0.1) is 19.3 Å². The summed E-state index contributed by atoms with van der Waals surface area (Å²) in [7, 11) is 0. The van der Waals surface area contributed by atoms with Crippen molar-refractivity contribution in [2.24, 2.45) is 5.92 Å². The fraction of sp³-hybridized carbons (Fsp3) is 0.533. The maximum Gasteiger partial charge on any atom is 0.322 e. The molecule has 0 radical (unpaired) electrons. The van der Waals surface area contributed by atoms with Crippen LogP contribution in [0.1, 0.15) is 20.3 Å². The number of urea groups is 1. The zero-order valence-electron chi connectivity index (χ0n) is 11.9. The molecule has 1 aliphatic heterocycles. The van der Waals surface area contributed by atoms with Gasteiger partial charge in [-0.15, -0.1) is 0 Å². The first kappa shape index (κ1) is 14.8. The lowest BCUT2D eigenvalue weighted by Crippen LogP contribution is -2.50. The summed E-state index contributed by atoms with van der Waals surface area (Å²) >= 11 is 0. The van der Waals surface area contributed by atoms with Crippen LogP contribution in [0.5, 0.6) is 0 Å². The van der Waals surface area contributed by atoms with E-state index in [0.29, 0.717) is 31.4 Å². The molecule has 1 heterocycles. The Bertz CT molecular complexity index is 448. The highest BCUT2D eigenvalue weighted by Gasteiger charge is 2.27. The summed E-state index contributed by atoms with van der Waals surface area (Å²) in [5.41, 5.74) is 0.603. The summed E-state index contributed by atoms with van der Waals surface area (Å²) in [6, 6.07) is 5.74. The molecule has 1 aromatic rings. The summed E-state index contributed by atoms with van der Waals surface area (Å²) in [6.45, 7) is 5.99. The molecule has 20 heavy (non-hydrogen) atoms. The first-order valence-corrected chi connectivity index (χ1v) is 6.97. The summed E-state index contributed by atoms with van der Waals surface area (Å²) in [6.07, 6.45) is 0.914. The molecule has 1 aliphatic rings. The molecule has 0 aliphatic carbocycles. The number of halogens is 1. The van der Waals surface area contributed by atoms with E-state index in [1.54, 1.807) is 12.1 Å². The summed E-state index contributed by atoms with van der Waals surface area (Å²) in [5.74, 6) is 0.190. The Labute approximate surface area is 118 Å². The van der Waals surface area contributed by atoms with Crippen molar-refractivity contribution < 1.29 is 13.9 Å². The molecule has 0 spiro atoms. The molecule has 5 heteroatoms. The fourth-order valence-corrected chi connectivity index (χ4v) is 2.39. The topological polar surface area (TPSA) is 41.6 Å². The third kappa shape index (κ3) is 3.93. The van der Waals surface area contributed by atoms with Gasteiger partial charge in [0.25, 0.3) is 0 Å². The maximum absolute atomic E-state index is 12.8. The zero-order valence-corrected chi connectivity index (χ0v) is 11.9. The van der Waals surface area contributed by atoms with Gasteiger partial charge in [-0.05, 0) is 36.6 Å². The van der Waals surface area contributed by atoms with Crippen LogP contribution in [0.3, 0.4) is 0 Å². The lowest BCUT2D eigenvalue weighted by Gasteiger charge is -2.36. The van der Waals surface area contributed by atoms with Crippen LogP contribution in [0.25, 0.3) is 0 Å². The van der Waals surface area contributed by atoms with Crippen molar-refractivity contribution >= 4 is 11.7 Å². The van der Waals surface area contributed by atoms with Crippen LogP contribution in [0, 0.1) is 11.7 Å². The van der Waals surface area contributed by atoms with Gasteiger partial charge in [0, 0.05) is 12.2 Å². The van der Waals surface area contributed by atoms with Crippen molar-refractivity contribution in [2.45, 2.75) is 26.3 Å². The van der Waals surface area contributed by atoms with E-state index in [4.69, 9.17) is 4.74 Å². The Kier molecular flexibility index (Phi) is 4.95. The van der Waals surface area contributed by atoms with E-state index in [9.17, 15) is 9.18 Å². The minimum atomic E-state index is -0.313. The maximum atomic E-state index is 12.8. The normalized spacial score (nSPS) is 19.2. The third-order valence-electron chi connectivity index (χ3n) is 3.33. The summed E-state index contributed by atoms with van der Waals surface area (Å²) in [5, 5.41) is 2.81. The average molecular weight is 280 g/mol. The molecular weight excluding hydrogens is 259 g/mol. The quantitative estimate of drug-likeness (QED) is 0.924. The number of hydrogen-bond donors (Lipinski definition) is 1. The third-order valence-corrected chi connectivity index (χ3v) is 3.33. The van der Waals surface area contributed by atoms with Gasteiger partial charge in [-0.25, -0.2) is 9.18 Å². The molecule has 0 bridgehead atoms. The second-order valence-electron chi connectivity index (χ2n) is 5.49. The van der Waals surface area contributed by atoms with Gasteiger partial charge in [0.15, 0.2) is 0 Å².